The minimum Gasteiger partial charge on any atom is -0.507 e. The maximum Gasteiger partial charge on any atom is 0.278 e. The van der Waals surface area contributed by atoms with Crippen molar-refractivity contribution in [3.05, 3.63) is 34.4 Å². The first-order valence-corrected chi connectivity index (χ1v) is 9.07. The van der Waals surface area contributed by atoms with Gasteiger partial charge in [-0.2, -0.15) is 0 Å². The van der Waals surface area contributed by atoms with Gasteiger partial charge < -0.3 is 10.2 Å². The van der Waals surface area contributed by atoms with Gasteiger partial charge in [-0.15, -0.1) is 0 Å². The van der Waals surface area contributed by atoms with Gasteiger partial charge in [-0.1, -0.05) is 31.4 Å². The molecule has 5 nitrogen and oxygen atoms in total. The summed E-state index contributed by atoms with van der Waals surface area (Å²) in [7, 11) is 1.36. The van der Waals surface area contributed by atoms with Gasteiger partial charge in [-0.05, 0) is 50.7 Å². The van der Waals surface area contributed by atoms with E-state index in [1.165, 1.54) is 12.7 Å². The Kier molecular flexibility index (Phi) is 6.88. The maximum atomic E-state index is 12.4. The molecule has 0 radical (unpaired) electrons. The highest BCUT2D eigenvalue weighted by atomic mass is 16.6. The molecule has 3 N–H and O–H groups in total. The number of hydrogen-bond acceptors (Lipinski definition) is 4. The van der Waals surface area contributed by atoms with Crippen molar-refractivity contribution in [2.75, 3.05) is 7.11 Å². The largest absolute Gasteiger partial charge is 0.507 e. The molecule has 5 heteroatoms. The van der Waals surface area contributed by atoms with Gasteiger partial charge in [0.25, 0.3) is 5.91 Å². The second kappa shape index (κ2) is 8.90. The molecule has 2 rings (SSSR count). The van der Waals surface area contributed by atoms with Gasteiger partial charge in [0.1, 0.15) is 11.5 Å². The zero-order valence-corrected chi connectivity index (χ0v) is 15.4. The van der Waals surface area contributed by atoms with E-state index < -0.39 is 5.91 Å². The van der Waals surface area contributed by atoms with Crippen LogP contribution in [0.2, 0.25) is 0 Å². The van der Waals surface area contributed by atoms with E-state index in [2.05, 4.69) is 25.4 Å². The SMILES string of the molecule is CCCCCc1cc(O)c(C2C=C(C)CCC2)c(O)c1C(=O)NOC. The van der Waals surface area contributed by atoms with Crippen LogP contribution < -0.4 is 5.48 Å². The summed E-state index contributed by atoms with van der Waals surface area (Å²) in [4.78, 5) is 17.2. The fourth-order valence-electron chi connectivity index (χ4n) is 3.59. The summed E-state index contributed by atoms with van der Waals surface area (Å²) in [6.07, 6.45) is 8.56. The molecule has 0 aromatic heterocycles. The third-order valence-corrected chi connectivity index (χ3v) is 4.81. The van der Waals surface area contributed by atoms with Gasteiger partial charge in [0.2, 0.25) is 0 Å². The second-order valence-electron chi connectivity index (χ2n) is 6.80. The number of unbranched alkanes of at least 4 members (excludes halogenated alkanes) is 2. The van der Waals surface area contributed by atoms with Crippen molar-refractivity contribution in [2.45, 2.75) is 64.7 Å². The lowest BCUT2D eigenvalue weighted by atomic mass is 9.83. The van der Waals surface area contributed by atoms with E-state index >= 15 is 0 Å². The van der Waals surface area contributed by atoms with Crippen LogP contribution in [-0.4, -0.2) is 23.2 Å². The molecular formula is C20H29NO4. The number of benzene rings is 1. The van der Waals surface area contributed by atoms with Crippen LogP contribution in [0.4, 0.5) is 0 Å². The molecular weight excluding hydrogens is 318 g/mol. The molecule has 0 saturated heterocycles. The lowest BCUT2D eigenvalue weighted by Gasteiger charge is -2.24. The highest BCUT2D eigenvalue weighted by Crippen LogP contribution is 2.43. The van der Waals surface area contributed by atoms with Crippen LogP contribution in [0.25, 0.3) is 0 Å². The summed E-state index contributed by atoms with van der Waals surface area (Å²) in [6, 6.07) is 1.63. The zero-order valence-electron chi connectivity index (χ0n) is 15.4. The van der Waals surface area contributed by atoms with Crippen molar-refractivity contribution in [3.63, 3.8) is 0 Å². The third-order valence-electron chi connectivity index (χ3n) is 4.81. The van der Waals surface area contributed by atoms with E-state index in [1.807, 2.05) is 0 Å². The fourth-order valence-corrected chi connectivity index (χ4v) is 3.59. The third kappa shape index (κ3) is 4.54. The van der Waals surface area contributed by atoms with E-state index in [9.17, 15) is 15.0 Å². The minimum absolute atomic E-state index is 0.0638. The Morgan fingerprint density at radius 3 is 2.76 bits per heavy atom. The van der Waals surface area contributed by atoms with Crippen LogP contribution in [-0.2, 0) is 11.3 Å². The van der Waals surface area contributed by atoms with Crippen LogP contribution in [0.5, 0.6) is 11.5 Å². The standard InChI is InChI=1S/C20H29NO4/c1-4-5-6-9-15-12-16(22)17(14-10-7-8-13(2)11-14)19(23)18(15)20(24)21-25-3/h11-12,14,22-23H,4-10H2,1-3H3,(H,21,24). The number of carbonyl (C=O) groups excluding carboxylic acids is 1. The zero-order chi connectivity index (χ0) is 18.4. The first kappa shape index (κ1) is 19.3. The molecule has 0 spiro atoms. The first-order valence-electron chi connectivity index (χ1n) is 9.07. The average Bonchev–Trinajstić information content (AvgIpc) is 2.55. The molecule has 0 bridgehead atoms. The molecule has 1 amide bonds. The van der Waals surface area contributed by atoms with E-state index in [0.29, 0.717) is 17.5 Å². The van der Waals surface area contributed by atoms with Gasteiger partial charge in [0.15, 0.2) is 0 Å². The topological polar surface area (TPSA) is 78.8 Å². The van der Waals surface area contributed by atoms with Crippen molar-refractivity contribution in [1.82, 2.24) is 5.48 Å². The van der Waals surface area contributed by atoms with Crippen LogP contribution >= 0.6 is 0 Å². The number of phenolic OH excluding ortho intramolecular Hbond substituents is 2. The van der Waals surface area contributed by atoms with Gasteiger partial charge in [0, 0.05) is 11.5 Å². The number of amides is 1. The van der Waals surface area contributed by atoms with Crippen molar-refractivity contribution < 1.29 is 19.8 Å². The Hall–Kier alpha value is -2.01. The highest BCUT2D eigenvalue weighted by Gasteiger charge is 2.27. The summed E-state index contributed by atoms with van der Waals surface area (Å²) >= 11 is 0. The minimum atomic E-state index is -0.482. The Morgan fingerprint density at radius 2 is 2.12 bits per heavy atom. The quantitative estimate of drug-likeness (QED) is 0.389. The molecule has 0 aliphatic heterocycles. The van der Waals surface area contributed by atoms with Crippen molar-refractivity contribution in [1.29, 1.82) is 0 Å². The van der Waals surface area contributed by atoms with Crippen LogP contribution in [0.1, 0.15) is 79.8 Å². The summed E-state index contributed by atoms with van der Waals surface area (Å²) in [5.41, 5.74) is 4.84. The molecule has 25 heavy (non-hydrogen) atoms. The van der Waals surface area contributed by atoms with E-state index in [4.69, 9.17) is 4.84 Å². The smallest absolute Gasteiger partial charge is 0.278 e. The van der Waals surface area contributed by atoms with Crippen molar-refractivity contribution in [2.24, 2.45) is 0 Å². The number of rotatable bonds is 7. The summed E-state index contributed by atoms with van der Waals surface area (Å²) in [6.45, 7) is 4.16. The Labute approximate surface area is 149 Å². The number of hydrogen-bond donors (Lipinski definition) is 3. The van der Waals surface area contributed by atoms with Crippen LogP contribution in [0.15, 0.2) is 17.7 Å². The number of allylic oxidation sites excluding steroid dienone is 2. The molecule has 0 saturated carbocycles. The number of nitrogens with one attached hydrogen (secondary N) is 1. The van der Waals surface area contributed by atoms with Gasteiger partial charge in [0.05, 0.1) is 12.7 Å². The summed E-state index contributed by atoms with van der Waals surface area (Å²) in [5.74, 6) is -0.622. The monoisotopic (exact) mass is 347 g/mol. The Morgan fingerprint density at radius 1 is 1.36 bits per heavy atom. The molecule has 1 aromatic carbocycles. The highest BCUT2D eigenvalue weighted by molar-refractivity contribution is 5.98. The predicted molar refractivity (Wildman–Crippen MR) is 97.8 cm³/mol. The second-order valence-corrected chi connectivity index (χ2v) is 6.80. The lowest BCUT2D eigenvalue weighted by Crippen LogP contribution is -2.24. The number of hydroxylamine groups is 1. The van der Waals surface area contributed by atoms with E-state index in [0.717, 1.165) is 38.5 Å². The van der Waals surface area contributed by atoms with E-state index in [-0.39, 0.29) is 23.0 Å². The average molecular weight is 347 g/mol. The molecule has 138 valence electrons. The van der Waals surface area contributed by atoms with Gasteiger partial charge >= 0.3 is 0 Å². The number of aryl methyl sites for hydroxylation is 1. The number of phenols is 2. The summed E-state index contributed by atoms with van der Waals surface area (Å²) < 4.78 is 0. The Balaban J connectivity index is 2.49. The fraction of sp³-hybridized carbons (Fsp3) is 0.550. The molecule has 0 fully saturated rings. The normalized spacial score (nSPS) is 17.2. The molecule has 1 aromatic rings. The Bertz CT molecular complexity index is 652. The van der Waals surface area contributed by atoms with E-state index in [1.54, 1.807) is 6.07 Å². The molecule has 1 aliphatic rings. The molecule has 1 atom stereocenters. The molecule has 1 unspecified atom stereocenters. The predicted octanol–water partition coefficient (Wildman–Crippen LogP) is 4.34. The van der Waals surface area contributed by atoms with Crippen LogP contribution in [0.3, 0.4) is 0 Å². The maximum absolute atomic E-state index is 12.4. The number of aromatic hydroxyl groups is 2. The lowest BCUT2D eigenvalue weighted by molar-refractivity contribution is 0.0533. The van der Waals surface area contributed by atoms with Crippen LogP contribution in [0, 0.1) is 0 Å². The summed E-state index contributed by atoms with van der Waals surface area (Å²) in [5, 5.41) is 21.4. The van der Waals surface area contributed by atoms with Gasteiger partial charge in [-0.25, -0.2) is 5.48 Å². The molecule has 0 heterocycles. The van der Waals surface area contributed by atoms with Crippen molar-refractivity contribution >= 4 is 5.91 Å². The first-order chi connectivity index (χ1) is 12.0. The molecule has 1 aliphatic carbocycles. The van der Waals surface area contributed by atoms with Crippen molar-refractivity contribution in [3.8, 4) is 11.5 Å². The van der Waals surface area contributed by atoms with Gasteiger partial charge in [-0.3, -0.25) is 9.63 Å². The number of carbonyl (C=O) groups is 1.